The van der Waals surface area contributed by atoms with Crippen molar-refractivity contribution in [1.82, 2.24) is 5.32 Å². The second kappa shape index (κ2) is 15.8. The fourth-order valence-corrected chi connectivity index (χ4v) is 4.03. The third kappa shape index (κ3) is 11.5. The van der Waals surface area contributed by atoms with Crippen LogP contribution in [0, 0.1) is 0 Å². The first-order valence-electron chi connectivity index (χ1n) is 12.4. The zero-order valence-corrected chi connectivity index (χ0v) is 23.1. The average molecular weight is 567 g/mol. The summed E-state index contributed by atoms with van der Waals surface area (Å²) in [7, 11) is 0. The number of esters is 1. The molecule has 2 aromatic carbocycles. The molecule has 0 radical (unpaired) electrons. The molecule has 0 atom stereocenters. The van der Waals surface area contributed by atoms with E-state index in [9.17, 15) is 9.59 Å². The quantitative estimate of drug-likeness (QED) is 0.133. The molecule has 2 rings (SSSR count). The molecule has 0 aliphatic heterocycles. The predicted octanol–water partition coefficient (Wildman–Crippen LogP) is 7.14. The number of halogens is 2. The zero-order chi connectivity index (χ0) is 25.5. The minimum Gasteiger partial charge on any atom is -0.476 e. The number of carbonyl (C=O) groups excluding carboxylic acids is 2. The molecule has 0 aliphatic rings. The lowest BCUT2D eigenvalue weighted by Gasteiger charge is -2.24. The van der Waals surface area contributed by atoms with Crippen LogP contribution in [0.3, 0.4) is 0 Å². The molecule has 0 fully saturated rings. The van der Waals surface area contributed by atoms with E-state index in [1.807, 2.05) is 24.3 Å². The van der Waals surface area contributed by atoms with Crippen molar-refractivity contribution in [1.29, 1.82) is 0 Å². The Hall–Kier alpha value is -2.05. The van der Waals surface area contributed by atoms with Crippen molar-refractivity contribution in [3.05, 3.63) is 64.7 Å². The third-order valence-electron chi connectivity index (χ3n) is 5.60. The summed E-state index contributed by atoms with van der Waals surface area (Å²) in [5.74, 6) is 0.111. The summed E-state index contributed by atoms with van der Waals surface area (Å²) < 4.78 is 11.4. The van der Waals surface area contributed by atoms with Crippen molar-refractivity contribution in [3.8, 4) is 5.75 Å². The molecule has 1 N–H and O–H groups in total. The number of amides is 1. The molecule has 0 heterocycles. The maximum Gasteiger partial charge on any atom is 0.349 e. The third-order valence-corrected chi connectivity index (χ3v) is 6.42. The smallest absolute Gasteiger partial charge is 0.349 e. The van der Waals surface area contributed by atoms with Crippen LogP contribution < -0.4 is 10.1 Å². The van der Waals surface area contributed by atoms with Crippen LogP contribution >= 0.6 is 27.5 Å². The van der Waals surface area contributed by atoms with E-state index in [0.29, 0.717) is 35.9 Å². The Kier molecular flexibility index (Phi) is 13.2. The van der Waals surface area contributed by atoms with Gasteiger partial charge in [0.25, 0.3) is 5.91 Å². The molecular formula is C28H37BrClNO4. The Balaban J connectivity index is 1.66. The van der Waals surface area contributed by atoms with Crippen LogP contribution in [-0.2, 0) is 16.0 Å². The molecule has 0 aliphatic carbocycles. The lowest BCUT2D eigenvalue weighted by Crippen LogP contribution is -2.39. The van der Waals surface area contributed by atoms with E-state index in [-0.39, 0.29) is 11.9 Å². The number of rotatable bonds is 16. The fourth-order valence-electron chi connectivity index (χ4n) is 3.50. The molecule has 0 bridgehead atoms. The first-order valence-corrected chi connectivity index (χ1v) is 13.9. The van der Waals surface area contributed by atoms with E-state index in [4.69, 9.17) is 21.1 Å². The molecule has 0 saturated carbocycles. The van der Waals surface area contributed by atoms with Crippen LogP contribution in [0.15, 0.2) is 48.5 Å². The number of ether oxygens (including phenoxy) is 2. The summed E-state index contributed by atoms with van der Waals surface area (Å²) in [5, 5.41) is 4.58. The van der Waals surface area contributed by atoms with Crippen LogP contribution in [0.25, 0.3) is 0 Å². The van der Waals surface area contributed by atoms with Gasteiger partial charge in [-0.25, -0.2) is 4.79 Å². The van der Waals surface area contributed by atoms with Crippen LogP contribution in [0.5, 0.6) is 5.75 Å². The topological polar surface area (TPSA) is 64.6 Å². The molecule has 0 saturated heterocycles. The molecule has 5 nitrogen and oxygen atoms in total. The maximum absolute atomic E-state index is 12.5. The summed E-state index contributed by atoms with van der Waals surface area (Å²) in [5.41, 5.74) is 0.568. The standard InChI is InChI=1S/C28H37BrClNO4/c1-28(2,27(33)34-21-9-7-5-3-4-6-8-19-29)35-25-16-10-22(11-17-25)18-20-31-26(32)23-12-14-24(30)15-13-23/h10-17H,3-9,18-21H2,1-2H3,(H,31,32). The van der Waals surface area contributed by atoms with E-state index in [1.165, 1.54) is 32.1 Å². The summed E-state index contributed by atoms with van der Waals surface area (Å²) in [6.07, 6.45) is 8.82. The number of alkyl halides is 1. The van der Waals surface area contributed by atoms with E-state index < -0.39 is 5.60 Å². The van der Waals surface area contributed by atoms with Gasteiger partial charge in [-0.05, 0) is 75.1 Å². The number of nitrogens with one attached hydrogen (secondary N) is 1. The van der Waals surface area contributed by atoms with Gasteiger partial charge in [0.2, 0.25) is 0 Å². The summed E-state index contributed by atoms with van der Waals surface area (Å²) in [6, 6.07) is 14.3. The minimum atomic E-state index is -1.07. The molecular weight excluding hydrogens is 530 g/mol. The van der Waals surface area contributed by atoms with Crippen LogP contribution in [0.1, 0.15) is 74.7 Å². The SMILES string of the molecule is CC(C)(Oc1ccc(CCNC(=O)c2ccc(Cl)cc2)cc1)C(=O)OCCCCCCCCCBr. The molecule has 0 spiro atoms. The number of unbranched alkanes of at least 4 members (excludes halogenated alkanes) is 6. The highest BCUT2D eigenvalue weighted by Crippen LogP contribution is 2.21. The highest BCUT2D eigenvalue weighted by Gasteiger charge is 2.31. The highest BCUT2D eigenvalue weighted by atomic mass is 79.9. The molecule has 1 amide bonds. The first-order chi connectivity index (χ1) is 16.8. The summed E-state index contributed by atoms with van der Waals surface area (Å²) in [6.45, 7) is 4.38. The zero-order valence-electron chi connectivity index (χ0n) is 20.8. The Labute approximate surface area is 223 Å². The first kappa shape index (κ1) is 29.2. The lowest BCUT2D eigenvalue weighted by molar-refractivity contribution is -0.159. The van der Waals surface area contributed by atoms with Crippen molar-refractivity contribution >= 4 is 39.4 Å². The number of hydrogen-bond donors (Lipinski definition) is 1. The van der Waals surface area contributed by atoms with Gasteiger partial charge in [-0.2, -0.15) is 0 Å². The Morgan fingerprint density at radius 1 is 0.886 bits per heavy atom. The largest absolute Gasteiger partial charge is 0.476 e. The van der Waals surface area contributed by atoms with Crippen molar-refractivity contribution < 1.29 is 19.1 Å². The molecule has 192 valence electrons. The van der Waals surface area contributed by atoms with Gasteiger partial charge in [-0.3, -0.25) is 4.79 Å². The van der Waals surface area contributed by atoms with E-state index in [0.717, 1.165) is 23.7 Å². The van der Waals surface area contributed by atoms with Gasteiger partial charge in [-0.1, -0.05) is 71.8 Å². The lowest BCUT2D eigenvalue weighted by atomic mass is 10.1. The van der Waals surface area contributed by atoms with E-state index in [2.05, 4.69) is 21.2 Å². The summed E-state index contributed by atoms with van der Waals surface area (Å²) >= 11 is 9.31. The van der Waals surface area contributed by atoms with Gasteiger partial charge in [0.05, 0.1) is 6.61 Å². The molecule has 2 aromatic rings. The van der Waals surface area contributed by atoms with Gasteiger partial charge < -0.3 is 14.8 Å². The average Bonchev–Trinajstić information content (AvgIpc) is 2.84. The van der Waals surface area contributed by atoms with E-state index in [1.54, 1.807) is 38.1 Å². The summed E-state index contributed by atoms with van der Waals surface area (Å²) in [4.78, 5) is 24.7. The van der Waals surface area contributed by atoms with Crippen molar-refractivity contribution in [2.75, 3.05) is 18.5 Å². The highest BCUT2D eigenvalue weighted by molar-refractivity contribution is 9.09. The molecule has 0 aromatic heterocycles. The van der Waals surface area contributed by atoms with Gasteiger partial charge in [-0.15, -0.1) is 0 Å². The fraction of sp³-hybridized carbons (Fsp3) is 0.500. The second-order valence-corrected chi connectivity index (χ2v) is 10.3. The van der Waals surface area contributed by atoms with Crippen molar-refractivity contribution in [3.63, 3.8) is 0 Å². The van der Waals surface area contributed by atoms with Gasteiger partial charge in [0.15, 0.2) is 5.60 Å². The molecule has 7 heteroatoms. The predicted molar refractivity (Wildman–Crippen MR) is 146 cm³/mol. The van der Waals surface area contributed by atoms with Gasteiger partial charge in [0, 0.05) is 22.5 Å². The van der Waals surface area contributed by atoms with Crippen LogP contribution in [-0.4, -0.2) is 36.0 Å². The van der Waals surface area contributed by atoms with Crippen LogP contribution in [0.2, 0.25) is 5.02 Å². The molecule has 35 heavy (non-hydrogen) atoms. The van der Waals surface area contributed by atoms with E-state index >= 15 is 0 Å². The van der Waals surface area contributed by atoms with Gasteiger partial charge >= 0.3 is 5.97 Å². The van der Waals surface area contributed by atoms with Gasteiger partial charge in [0.1, 0.15) is 5.75 Å². The maximum atomic E-state index is 12.5. The normalized spacial score (nSPS) is 11.2. The van der Waals surface area contributed by atoms with Crippen molar-refractivity contribution in [2.24, 2.45) is 0 Å². The monoisotopic (exact) mass is 565 g/mol. The Morgan fingerprint density at radius 2 is 1.49 bits per heavy atom. The van der Waals surface area contributed by atoms with Crippen molar-refractivity contribution in [2.45, 2.75) is 70.8 Å². The van der Waals surface area contributed by atoms with Crippen LogP contribution in [0.4, 0.5) is 0 Å². The number of carbonyl (C=O) groups is 2. The molecule has 0 unspecified atom stereocenters. The Bertz CT molecular complexity index is 900. The number of benzene rings is 2. The Morgan fingerprint density at radius 3 is 2.11 bits per heavy atom. The second-order valence-electron chi connectivity index (χ2n) is 9.07. The minimum absolute atomic E-state index is 0.132. The number of hydrogen-bond acceptors (Lipinski definition) is 4.